The van der Waals surface area contributed by atoms with Gasteiger partial charge >= 0.3 is 6.61 Å². The summed E-state index contributed by atoms with van der Waals surface area (Å²) in [4.78, 5) is 35.2. The van der Waals surface area contributed by atoms with Crippen LogP contribution in [0.15, 0.2) is 84.9 Å². The number of morpholine rings is 1. The van der Waals surface area contributed by atoms with Crippen LogP contribution in [0, 0.1) is 19.7 Å². The Kier molecular flexibility index (Phi) is 11.6. The van der Waals surface area contributed by atoms with E-state index in [1.54, 1.807) is 53.6 Å². The van der Waals surface area contributed by atoms with Crippen molar-refractivity contribution in [3.8, 4) is 28.5 Å². The molecule has 0 radical (unpaired) electrons. The topological polar surface area (TPSA) is 96.7 Å². The molecule has 1 N–H and O–H groups in total. The van der Waals surface area contributed by atoms with Gasteiger partial charge in [0, 0.05) is 61.9 Å². The fourth-order valence-corrected chi connectivity index (χ4v) is 7.81. The first kappa shape index (κ1) is 39.4. The quantitative estimate of drug-likeness (QED) is 0.148. The lowest BCUT2D eigenvalue weighted by Crippen LogP contribution is -2.52. The van der Waals surface area contributed by atoms with Gasteiger partial charge in [-0.1, -0.05) is 36.4 Å². The molecule has 3 heterocycles. The number of rotatable bonds is 11. The van der Waals surface area contributed by atoms with Crippen LogP contribution in [-0.2, 0) is 31.3 Å². The number of nitrogens with zero attached hydrogens (tertiary/aromatic N) is 4. The second-order valence-electron chi connectivity index (χ2n) is 14.4. The van der Waals surface area contributed by atoms with Crippen LogP contribution in [0.5, 0.6) is 17.2 Å². The van der Waals surface area contributed by atoms with Gasteiger partial charge < -0.3 is 33.7 Å². The van der Waals surface area contributed by atoms with Crippen LogP contribution in [0.3, 0.4) is 0 Å². The van der Waals surface area contributed by atoms with Gasteiger partial charge in [-0.25, -0.2) is 4.39 Å². The minimum Gasteiger partial charge on any atom is -0.508 e. The number of methoxy groups -OCH3 is 1. The van der Waals surface area contributed by atoms with Crippen molar-refractivity contribution in [1.29, 1.82) is 0 Å². The Morgan fingerprint density at radius 3 is 2.35 bits per heavy atom. The van der Waals surface area contributed by atoms with Gasteiger partial charge in [-0.2, -0.15) is 8.78 Å². The Balaban J connectivity index is 1.32. The van der Waals surface area contributed by atoms with Crippen LogP contribution in [0.25, 0.3) is 11.3 Å². The van der Waals surface area contributed by atoms with Gasteiger partial charge in [-0.3, -0.25) is 14.5 Å². The molecule has 2 aliphatic rings. The Labute approximate surface area is 329 Å². The number of ether oxygens (including phenoxy) is 3. The van der Waals surface area contributed by atoms with Crippen molar-refractivity contribution in [2.45, 2.75) is 46.0 Å². The summed E-state index contributed by atoms with van der Waals surface area (Å²) in [6, 6.07) is 23.1. The van der Waals surface area contributed by atoms with Gasteiger partial charge in [0.25, 0.3) is 11.8 Å². The number of phenols is 1. The molecule has 2 aliphatic heterocycles. The van der Waals surface area contributed by atoms with Crippen LogP contribution >= 0.6 is 0 Å². The standard InChI is InChI=1S/C44H45F3N4O6/c1-27-30(10-7-11-40(27)55-4)24-50(32-12-14-34(52)15-13-32)42(53)35-22-39(48(3)28(35)2)36-23-41(57-44(46)47)38(45)21-37(36)43(54)51-25-31-9-6-5-8-29(31)20-33(51)26-49-16-18-56-19-17-49/h5-15,21-23,33,44,52H,16-20,24-26H2,1-4H3/t33-/m0/s1. The van der Waals surface area contributed by atoms with E-state index < -0.39 is 30.0 Å². The number of hydrogen-bond acceptors (Lipinski definition) is 7. The van der Waals surface area contributed by atoms with Gasteiger partial charge in [0.2, 0.25) is 0 Å². The number of fused-ring (bicyclic) bond motifs is 1. The monoisotopic (exact) mass is 782 g/mol. The third kappa shape index (κ3) is 8.21. The summed E-state index contributed by atoms with van der Waals surface area (Å²) in [5.41, 5.74) is 5.43. The largest absolute Gasteiger partial charge is 0.508 e. The van der Waals surface area contributed by atoms with E-state index in [9.17, 15) is 23.5 Å². The molecule has 7 rings (SSSR count). The number of aromatic hydroxyl groups is 1. The zero-order valence-electron chi connectivity index (χ0n) is 32.3. The second kappa shape index (κ2) is 16.7. The SMILES string of the molecule is COc1cccc(CN(C(=O)c2cc(-c3cc(OC(F)F)c(F)cc3C(=O)N3Cc4ccccc4C[C@H]3CN3CCOCC3)n(C)c2C)c2ccc(O)cc2)c1C. The summed E-state index contributed by atoms with van der Waals surface area (Å²) in [6.45, 7) is 3.86. The fraction of sp³-hybridized carbons (Fsp3) is 0.318. The van der Waals surface area contributed by atoms with Crippen molar-refractivity contribution in [2.75, 3.05) is 44.9 Å². The molecule has 5 aromatic rings. The molecular formula is C44H45F3N4O6. The van der Waals surface area contributed by atoms with Gasteiger partial charge in [-0.05, 0) is 91.1 Å². The average molecular weight is 783 g/mol. The number of aromatic nitrogens is 1. The summed E-state index contributed by atoms with van der Waals surface area (Å²) in [5.74, 6) is -2.04. The van der Waals surface area contributed by atoms with E-state index in [4.69, 9.17) is 9.47 Å². The summed E-state index contributed by atoms with van der Waals surface area (Å²) in [7, 11) is 3.27. The van der Waals surface area contributed by atoms with E-state index in [1.165, 1.54) is 12.1 Å². The lowest BCUT2D eigenvalue weighted by molar-refractivity contribution is -0.0521. The molecule has 1 atom stereocenters. The predicted octanol–water partition coefficient (Wildman–Crippen LogP) is 7.51. The van der Waals surface area contributed by atoms with Crippen molar-refractivity contribution in [1.82, 2.24) is 14.4 Å². The number of amides is 2. The minimum atomic E-state index is -3.32. The highest BCUT2D eigenvalue weighted by molar-refractivity contribution is 6.08. The smallest absolute Gasteiger partial charge is 0.387 e. The lowest BCUT2D eigenvalue weighted by Gasteiger charge is -2.40. The lowest BCUT2D eigenvalue weighted by atomic mass is 9.92. The number of carbonyl (C=O) groups is 2. The van der Waals surface area contributed by atoms with E-state index in [2.05, 4.69) is 9.64 Å². The van der Waals surface area contributed by atoms with Crippen LogP contribution in [0.2, 0.25) is 0 Å². The molecule has 57 heavy (non-hydrogen) atoms. The first-order valence-corrected chi connectivity index (χ1v) is 18.8. The van der Waals surface area contributed by atoms with Gasteiger partial charge in [0.05, 0.1) is 38.0 Å². The predicted molar refractivity (Wildman–Crippen MR) is 210 cm³/mol. The van der Waals surface area contributed by atoms with Gasteiger partial charge in [0.1, 0.15) is 11.5 Å². The molecule has 0 bridgehead atoms. The number of benzene rings is 4. The normalized spacial score (nSPS) is 15.7. The Bertz CT molecular complexity index is 2270. The number of halogens is 3. The first-order valence-electron chi connectivity index (χ1n) is 18.8. The van der Waals surface area contributed by atoms with Crippen molar-refractivity contribution < 1.29 is 42.1 Å². The zero-order chi connectivity index (χ0) is 40.4. The van der Waals surface area contributed by atoms with Crippen molar-refractivity contribution in [3.05, 3.63) is 130 Å². The first-order chi connectivity index (χ1) is 27.4. The van der Waals surface area contributed by atoms with E-state index in [0.717, 1.165) is 34.4 Å². The molecule has 2 amide bonds. The second-order valence-corrected chi connectivity index (χ2v) is 14.4. The van der Waals surface area contributed by atoms with E-state index in [-0.39, 0.29) is 41.6 Å². The van der Waals surface area contributed by atoms with Crippen molar-refractivity contribution in [3.63, 3.8) is 0 Å². The summed E-state index contributed by atoms with van der Waals surface area (Å²) in [6.07, 6.45) is 0.575. The van der Waals surface area contributed by atoms with Crippen LogP contribution < -0.4 is 14.4 Å². The number of alkyl halides is 2. The molecule has 1 fully saturated rings. The van der Waals surface area contributed by atoms with Crippen molar-refractivity contribution >= 4 is 17.5 Å². The molecule has 0 saturated carbocycles. The molecule has 13 heteroatoms. The maximum atomic E-state index is 15.7. The molecule has 0 unspecified atom stereocenters. The van der Waals surface area contributed by atoms with Gasteiger partial charge in [-0.15, -0.1) is 0 Å². The van der Waals surface area contributed by atoms with Crippen LogP contribution in [0.1, 0.15) is 48.7 Å². The van der Waals surface area contributed by atoms with E-state index in [0.29, 0.717) is 62.1 Å². The maximum absolute atomic E-state index is 15.7. The third-order valence-electron chi connectivity index (χ3n) is 11.1. The average Bonchev–Trinajstić information content (AvgIpc) is 3.50. The van der Waals surface area contributed by atoms with Crippen LogP contribution in [-0.4, -0.2) is 83.9 Å². The molecule has 10 nitrogen and oxygen atoms in total. The molecular weight excluding hydrogens is 737 g/mol. The minimum absolute atomic E-state index is 0.0293. The maximum Gasteiger partial charge on any atom is 0.387 e. The molecule has 0 aliphatic carbocycles. The highest BCUT2D eigenvalue weighted by atomic mass is 19.3. The van der Waals surface area contributed by atoms with E-state index >= 15 is 4.39 Å². The summed E-state index contributed by atoms with van der Waals surface area (Å²) >= 11 is 0. The molecule has 1 aromatic heterocycles. The number of anilines is 1. The van der Waals surface area contributed by atoms with Crippen molar-refractivity contribution in [2.24, 2.45) is 7.05 Å². The zero-order valence-corrected chi connectivity index (χ0v) is 32.3. The Morgan fingerprint density at radius 2 is 1.65 bits per heavy atom. The highest BCUT2D eigenvalue weighted by Crippen LogP contribution is 2.37. The fourth-order valence-electron chi connectivity index (χ4n) is 7.81. The number of hydrogen-bond donors (Lipinski definition) is 1. The highest BCUT2D eigenvalue weighted by Gasteiger charge is 2.35. The molecule has 0 spiro atoms. The summed E-state index contributed by atoms with van der Waals surface area (Å²) in [5, 5.41) is 10.1. The molecule has 298 valence electrons. The number of carbonyl (C=O) groups excluding carboxylic acids is 2. The Morgan fingerprint density at radius 1 is 0.930 bits per heavy atom. The Hall–Kier alpha value is -5.79. The number of phenolic OH excluding ortho intramolecular Hbond substituents is 1. The molecule has 1 saturated heterocycles. The van der Waals surface area contributed by atoms with E-state index in [1.807, 2.05) is 49.4 Å². The van der Waals surface area contributed by atoms with Gasteiger partial charge in [0.15, 0.2) is 11.6 Å². The third-order valence-corrected chi connectivity index (χ3v) is 11.1. The summed E-state index contributed by atoms with van der Waals surface area (Å²) < 4.78 is 60.4. The van der Waals surface area contributed by atoms with Crippen LogP contribution in [0.4, 0.5) is 18.9 Å². The molecule has 4 aromatic carbocycles.